The number of benzene rings is 2. The van der Waals surface area contributed by atoms with Gasteiger partial charge in [-0.3, -0.25) is 10.1 Å². The molecule has 112 valence electrons. The largest absolute Gasteiger partial charge is 0.457 e. The van der Waals surface area contributed by atoms with Crippen molar-refractivity contribution in [3.8, 4) is 0 Å². The molecule has 2 aromatic rings. The van der Waals surface area contributed by atoms with Crippen LogP contribution in [0.2, 0.25) is 0 Å². The van der Waals surface area contributed by atoms with Crippen LogP contribution < -0.4 is 0 Å². The summed E-state index contributed by atoms with van der Waals surface area (Å²) < 4.78 is 5.89. The molecule has 0 fully saturated rings. The summed E-state index contributed by atoms with van der Waals surface area (Å²) in [6, 6.07) is 13.6. The summed E-state index contributed by atoms with van der Waals surface area (Å²) >= 11 is 3.37. The summed E-state index contributed by atoms with van der Waals surface area (Å²) in [5.74, 6) is -0.561. The maximum absolute atomic E-state index is 11.7. The second kappa shape index (κ2) is 7.51. The molecule has 2 aromatic carbocycles. The zero-order chi connectivity index (χ0) is 15.9. The van der Waals surface area contributed by atoms with Gasteiger partial charge in [0.2, 0.25) is 0 Å². The first-order valence-electron chi connectivity index (χ1n) is 6.39. The van der Waals surface area contributed by atoms with Gasteiger partial charge in [-0.2, -0.15) is 0 Å². The topological polar surface area (TPSA) is 69.4 Å². The number of nitrogens with zero attached hydrogens (tertiary/aromatic N) is 1. The number of carbonyl (C=O) groups excluding carboxylic acids is 1. The number of hydrogen-bond donors (Lipinski definition) is 0. The third kappa shape index (κ3) is 4.26. The predicted octanol–water partition coefficient (Wildman–Crippen LogP) is 4.11. The Kier molecular flexibility index (Phi) is 5.43. The minimum Gasteiger partial charge on any atom is -0.457 e. The average molecular weight is 362 g/mol. The first kappa shape index (κ1) is 15.9. The van der Waals surface area contributed by atoms with Crippen molar-refractivity contribution >= 4 is 33.7 Å². The molecular formula is C16H12BrNO4. The molecular weight excluding hydrogens is 350 g/mol. The van der Waals surface area contributed by atoms with Crippen molar-refractivity contribution < 1.29 is 14.5 Å². The Balaban J connectivity index is 1.99. The Hall–Kier alpha value is -2.47. The maximum Gasteiger partial charge on any atom is 0.331 e. The van der Waals surface area contributed by atoms with E-state index < -0.39 is 10.9 Å². The van der Waals surface area contributed by atoms with Crippen LogP contribution in [0.3, 0.4) is 0 Å². The first-order chi connectivity index (χ1) is 10.6. The Labute approximate surface area is 135 Å². The molecule has 0 saturated heterocycles. The van der Waals surface area contributed by atoms with Crippen molar-refractivity contribution in [1.29, 1.82) is 0 Å². The first-order valence-corrected chi connectivity index (χ1v) is 7.19. The lowest BCUT2D eigenvalue weighted by molar-refractivity contribution is -0.385. The van der Waals surface area contributed by atoms with E-state index in [1.807, 2.05) is 24.3 Å². The van der Waals surface area contributed by atoms with Gasteiger partial charge in [0.05, 0.1) is 10.5 Å². The van der Waals surface area contributed by atoms with Crippen LogP contribution in [-0.4, -0.2) is 10.9 Å². The number of nitro benzene ring substituents is 1. The van der Waals surface area contributed by atoms with Gasteiger partial charge in [-0.25, -0.2) is 4.79 Å². The van der Waals surface area contributed by atoms with Crippen LogP contribution in [0.25, 0.3) is 6.08 Å². The van der Waals surface area contributed by atoms with Crippen molar-refractivity contribution in [2.24, 2.45) is 0 Å². The number of rotatable bonds is 5. The Bertz CT molecular complexity index is 728. The molecule has 0 heterocycles. The number of halogens is 1. The third-order valence-corrected chi connectivity index (χ3v) is 3.58. The number of esters is 1. The van der Waals surface area contributed by atoms with Gasteiger partial charge in [-0.1, -0.05) is 46.3 Å². The van der Waals surface area contributed by atoms with Gasteiger partial charge in [0.1, 0.15) is 6.61 Å². The maximum atomic E-state index is 11.7. The zero-order valence-corrected chi connectivity index (χ0v) is 13.0. The lowest BCUT2D eigenvalue weighted by atomic mass is 10.2. The molecule has 0 bridgehead atoms. The van der Waals surface area contributed by atoms with Gasteiger partial charge in [0.25, 0.3) is 5.69 Å². The van der Waals surface area contributed by atoms with Gasteiger partial charge in [-0.15, -0.1) is 0 Å². The van der Waals surface area contributed by atoms with Gasteiger partial charge >= 0.3 is 5.97 Å². The molecule has 0 aliphatic rings. The van der Waals surface area contributed by atoms with Crippen LogP contribution in [0.5, 0.6) is 0 Å². The lowest BCUT2D eigenvalue weighted by Gasteiger charge is -2.03. The summed E-state index contributed by atoms with van der Waals surface area (Å²) in [5.41, 5.74) is 1.13. The molecule has 0 aromatic heterocycles. The molecule has 22 heavy (non-hydrogen) atoms. The molecule has 0 atom stereocenters. The quantitative estimate of drug-likeness (QED) is 0.347. The van der Waals surface area contributed by atoms with E-state index in [9.17, 15) is 14.9 Å². The Morgan fingerprint density at radius 3 is 2.59 bits per heavy atom. The molecule has 0 aliphatic heterocycles. The summed E-state index contributed by atoms with van der Waals surface area (Å²) in [6.07, 6.45) is 2.90. The highest BCUT2D eigenvalue weighted by Crippen LogP contribution is 2.19. The van der Waals surface area contributed by atoms with Gasteiger partial charge < -0.3 is 4.74 Å². The molecule has 0 saturated carbocycles. The fourth-order valence-electron chi connectivity index (χ4n) is 1.78. The molecule has 0 N–H and O–H groups in total. The van der Waals surface area contributed by atoms with Crippen molar-refractivity contribution in [3.63, 3.8) is 0 Å². The van der Waals surface area contributed by atoms with Gasteiger partial charge in [0.15, 0.2) is 0 Å². The molecule has 0 unspecified atom stereocenters. The summed E-state index contributed by atoms with van der Waals surface area (Å²) in [4.78, 5) is 22.0. The van der Waals surface area contributed by atoms with E-state index in [0.29, 0.717) is 5.56 Å². The van der Waals surface area contributed by atoms with E-state index in [1.165, 1.54) is 12.1 Å². The monoisotopic (exact) mass is 361 g/mol. The van der Waals surface area contributed by atoms with Crippen LogP contribution >= 0.6 is 15.9 Å². The molecule has 0 amide bonds. The van der Waals surface area contributed by atoms with E-state index in [0.717, 1.165) is 10.0 Å². The van der Waals surface area contributed by atoms with Gasteiger partial charge in [-0.05, 0) is 23.8 Å². The van der Waals surface area contributed by atoms with Crippen molar-refractivity contribution in [1.82, 2.24) is 0 Å². The molecule has 2 rings (SSSR count). The summed E-state index contributed by atoms with van der Waals surface area (Å²) in [5, 5.41) is 10.9. The predicted molar refractivity (Wildman–Crippen MR) is 86.1 cm³/mol. The number of hydrogen-bond acceptors (Lipinski definition) is 4. The van der Waals surface area contributed by atoms with Crippen molar-refractivity contribution in [2.45, 2.75) is 6.61 Å². The highest BCUT2D eigenvalue weighted by molar-refractivity contribution is 9.10. The Morgan fingerprint density at radius 2 is 1.86 bits per heavy atom. The van der Waals surface area contributed by atoms with Gasteiger partial charge in [0, 0.05) is 16.6 Å². The van der Waals surface area contributed by atoms with E-state index in [-0.39, 0.29) is 12.3 Å². The van der Waals surface area contributed by atoms with E-state index >= 15 is 0 Å². The molecule has 5 nitrogen and oxygen atoms in total. The van der Waals surface area contributed by atoms with Crippen molar-refractivity contribution in [2.75, 3.05) is 0 Å². The smallest absolute Gasteiger partial charge is 0.331 e. The van der Waals surface area contributed by atoms with Crippen LogP contribution in [-0.2, 0) is 16.1 Å². The molecule has 0 radical (unpaired) electrons. The number of para-hydroxylation sites is 1. The van der Waals surface area contributed by atoms with Crippen LogP contribution in [0.4, 0.5) is 5.69 Å². The number of nitro groups is 1. The summed E-state index contributed by atoms with van der Waals surface area (Å²) in [6.45, 7) is -0.143. The fraction of sp³-hybridized carbons (Fsp3) is 0.0625. The van der Waals surface area contributed by atoms with E-state index in [1.54, 1.807) is 24.3 Å². The van der Waals surface area contributed by atoms with Crippen molar-refractivity contribution in [3.05, 3.63) is 80.3 Å². The second-order valence-corrected chi connectivity index (χ2v) is 5.20. The number of carbonyl (C=O) groups is 1. The lowest BCUT2D eigenvalue weighted by Crippen LogP contribution is -2.03. The summed E-state index contributed by atoms with van der Waals surface area (Å²) in [7, 11) is 0. The second-order valence-electron chi connectivity index (χ2n) is 4.35. The van der Waals surface area contributed by atoms with E-state index in [2.05, 4.69) is 15.9 Å². The highest BCUT2D eigenvalue weighted by Gasteiger charge is 2.13. The molecule has 6 heteroatoms. The SMILES string of the molecule is O=C(/C=C/c1ccccc1Br)OCc1ccccc1[N+](=O)[O-]. The van der Waals surface area contributed by atoms with Crippen LogP contribution in [0.15, 0.2) is 59.1 Å². The fourth-order valence-corrected chi connectivity index (χ4v) is 2.19. The highest BCUT2D eigenvalue weighted by atomic mass is 79.9. The molecule has 0 aliphatic carbocycles. The van der Waals surface area contributed by atoms with Crippen LogP contribution in [0.1, 0.15) is 11.1 Å². The standard InChI is InChI=1S/C16H12BrNO4/c17-14-7-3-1-5-12(14)9-10-16(19)22-11-13-6-2-4-8-15(13)18(20)21/h1-10H,11H2/b10-9+. The van der Waals surface area contributed by atoms with Crippen LogP contribution in [0, 0.1) is 10.1 Å². The average Bonchev–Trinajstić information content (AvgIpc) is 2.52. The third-order valence-electron chi connectivity index (χ3n) is 2.86. The van der Waals surface area contributed by atoms with E-state index in [4.69, 9.17) is 4.74 Å². The Morgan fingerprint density at radius 1 is 1.18 bits per heavy atom. The minimum atomic E-state index is -0.561. The zero-order valence-electron chi connectivity index (χ0n) is 11.4. The normalized spacial score (nSPS) is 10.6. The molecule has 0 spiro atoms. The number of ether oxygens (including phenoxy) is 1. The minimum absolute atomic E-state index is 0.0647.